The van der Waals surface area contributed by atoms with E-state index in [0.29, 0.717) is 18.1 Å². The highest BCUT2D eigenvalue weighted by Crippen LogP contribution is 2.13. The number of rotatable bonds is 6. The molecule has 1 aromatic heterocycles. The van der Waals surface area contributed by atoms with Crippen LogP contribution in [-0.2, 0) is 17.9 Å². The lowest BCUT2D eigenvalue weighted by molar-refractivity contribution is -0.117. The second-order valence-electron chi connectivity index (χ2n) is 4.93. The van der Waals surface area contributed by atoms with Crippen LogP contribution in [0.25, 0.3) is 0 Å². The van der Waals surface area contributed by atoms with E-state index in [1.54, 1.807) is 24.3 Å². The molecule has 2 aromatic rings. The Morgan fingerprint density at radius 3 is 2.71 bits per heavy atom. The molecule has 0 atom stereocenters. The largest absolute Gasteiger partial charge is 0.325 e. The fourth-order valence-electron chi connectivity index (χ4n) is 2.01. The predicted molar refractivity (Wildman–Crippen MR) is 84.3 cm³/mol. The van der Waals surface area contributed by atoms with Gasteiger partial charge in [-0.2, -0.15) is 5.10 Å². The molecule has 0 unspecified atom stereocenters. The number of halogens is 1. The summed E-state index contributed by atoms with van der Waals surface area (Å²) < 4.78 is 1.87. The monoisotopic (exact) mass is 306 g/mol. The van der Waals surface area contributed by atoms with Gasteiger partial charge in [0.1, 0.15) is 0 Å². The minimum absolute atomic E-state index is 0.0531. The molecule has 112 valence electrons. The van der Waals surface area contributed by atoms with Crippen molar-refractivity contribution in [3.8, 4) is 0 Å². The summed E-state index contributed by atoms with van der Waals surface area (Å²) in [4.78, 5) is 13.9. The quantitative estimate of drug-likeness (QED) is 0.892. The maximum absolute atomic E-state index is 12.0. The number of nitrogens with one attached hydrogen (secondary N) is 1. The average Bonchev–Trinajstić information content (AvgIpc) is 2.88. The van der Waals surface area contributed by atoms with Crippen molar-refractivity contribution in [3.05, 3.63) is 47.2 Å². The third-order valence-corrected chi connectivity index (χ3v) is 3.26. The van der Waals surface area contributed by atoms with E-state index in [0.717, 1.165) is 17.8 Å². The molecule has 0 radical (unpaired) electrons. The second kappa shape index (κ2) is 7.24. The first-order chi connectivity index (χ1) is 10.1. The number of aromatic nitrogens is 2. The molecule has 0 aliphatic carbocycles. The Labute approximate surface area is 129 Å². The first kappa shape index (κ1) is 15.5. The van der Waals surface area contributed by atoms with E-state index in [-0.39, 0.29) is 5.91 Å². The van der Waals surface area contributed by atoms with Crippen LogP contribution < -0.4 is 5.32 Å². The van der Waals surface area contributed by atoms with Gasteiger partial charge in [0.15, 0.2) is 0 Å². The first-order valence-electron chi connectivity index (χ1n) is 6.82. The fraction of sp³-hybridized carbons (Fsp3) is 0.333. The topological polar surface area (TPSA) is 50.2 Å². The van der Waals surface area contributed by atoms with Crippen molar-refractivity contribution in [3.63, 3.8) is 0 Å². The molecule has 1 N–H and O–H groups in total. The standard InChI is InChI=1S/C15H19ClN4O/c1-3-20-10-12(8-17-20)9-19(2)11-15(21)18-14-6-4-13(16)5-7-14/h4-8,10H,3,9,11H2,1-2H3,(H,18,21). The molecule has 1 heterocycles. The zero-order valence-corrected chi connectivity index (χ0v) is 13.0. The van der Waals surface area contributed by atoms with Gasteiger partial charge in [-0.05, 0) is 38.2 Å². The molecule has 2 rings (SSSR count). The van der Waals surface area contributed by atoms with Crippen LogP contribution in [0, 0.1) is 0 Å². The number of carbonyl (C=O) groups excluding carboxylic acids is 1. The SMILES string of the molecule is CCn1cc(CN(C)CC(=O)Nc2ccc(Cl)cc2)cn1. The van der Waals surface area contributed by atoms with E-state index < -0.39 is 0 Å². The zero-order chi connectivity index (χ0) is 15.2. The highest BCUT2D eigenvalue weighted by Gasteiger charge is 2.08. The summed E-state index contributed by atoms with van der Waals surface area (Å²) in [6.45, 7) is 3.90. The minimum Gasteiger partial charge on any atom is -0.325 e. The van der Waals surface area contributed by atoms with E-state index in [1.165, 1.54) is 0 Å². The molecule has 1 amide bonds. The average molecular weight is 307 g/mol. The number of aryl methyl sites for hydroxylation is 1. The van der Waals surface area contributed by atoms with Gasteiger partial charge < -0.3 is 5.32 Å². The first-order valence-corrected chi connectivity index (χ1v) is 7.20. The van der Waals surface area contributed by atoms with Crippen LogP contribution in [0.3, 0.4) is 0 Å². The Morgan fingerprint density at radius 1 is 1.38 bits per heavy atom. The molecule has 0 aliphatic rings. The third-order valence-electron chi connectivity index (χ3n) is 3.00. The summed E-state index contributed by atoms with van der Waals surface area (Å²) in [5.74, 6) is -0.0531. The van der Waals surface area contributed by atoms with Crippen molar-refractivity contribution in [1.82, 2.24) is 14.7 Å². The van der Waals surface area contributed by atoms with Gasteiger partial charge in [-0.3, -0.25) is 14.4 Å². The number of anilines is 1. The van der Waals surface area contributed by atoms with Crippen molar-refractivity contribution in [2.75, 3.05) is 18.9 Å². The van der Waals surface area contributed by atoms with Gasteiger partial charge in [0.2, 0.25) is 5.91 Å². The van der Waals surface area contributed by atoms with Crippen molar-refractivity contribution in [2.45, 2.75) is 20.0 Å². The lowest BCUT2D eigenvalue weighted by Crippen LogP contribution is -2.29. The maximum Gasteiger partial charge on any atom is 0.238 e. The Morgan fingerprint density at radius 2 is 2.10 bits per heavy atom. The van der Waals surface area contributed by atoms with Gasteiger partial charge in [-0.25, -0.2) is 0 Å². The molecular weight excluding hydrogens is 288 g/mol. The summed E-state index contributed by atoms with van der Waals surface area (Å²) in [5, 5.41) is 7.71. The smallest absolute Gasteiger partial charge is 0.238 e. The summed E-state index contributed by atoms with van der Waals surface area (Å²) in [6.07, 6.45) is 3.82. The van der Waals surface area contributed by atoms with Crippen molar-refractivity contribution < 1.29 is 4.79 Å². The number of benzene rings is 1. The van der Waals surface area contributed by atoms with E-state index in [4.69, 9.17) is 11.6 Å². The maximum atomic E-state index is 12.0. The number of carbonyl (C=O) groups is 1. The van der Waals surface area contributed by atoms with Crippen LogP contribution in [0.5, 0.6) is 0 Å². The van der Waals surface area contributed by atoms with Crippen LogP contribution in [0.15, 0.2) is 36.7 Å². The number of hydrogen-bond acceptors (Lipinski definition) is 3. The van der Waals surface area contributed by atoms with Crippen molar-refractivity contribution in [1.29, 1.82) is 0 Å². The summed E-state index contributed by atoms with van der Waals surface area (Å²) in [7, 11) is 1.91. The van der Waals surface area contributed by atoms with Crippen molar-refractivity contribution >= 4 is 23.2 Å². The van der Waals surface area contributed by atoms with E-state index >= 15 is 0 Å². The molecule has 6 heteroatoms. The molecule has 0 spiro atoms. The second-order valence-corrected chi connectivity index (χ2v) is 5.37. The van der Waals surface area contributed by atoms with Crippen LogP contribution in [0.1, 0.15) is 12.5 Å². The van der Waals surface area contributed by atoms with Crippen LogP contribution in [0.4, 0.5) is 5.69 Å². The Hall–Kier alpha value is -1.85. The lowest BCUT2D eigenvalue weighted by atomic mass is 10.3. The van der Waals surface area contributed by atoms with Gasteiger partial charge in [-0.1, -0.05) is 11.6 Å². The van der Waals surface area contributed by atoms with Crippen LogP contribution in [-0.4, -0.2) is 34.2 Å². The summed E-state index contributed by atoms with van der Waals surface area (Å²) in [6, 6.07) is 7.07. The zero-order valence-electron chi connectivity index (χ0n) is 12.2. The third kappa shape index (κ3) is 4.88. The number of hydrogen-bond donors (Lipinski definition) is 1. The molecule has 1 aromatic carbocycles. The molecule has 5 nitrogen and oxygen atoms in total. The Balaban J connectivity index is 1.82. The van der Waals surface area contributed by atoms with E-state index in [2.05, 4.69) is 10.4 Å². The molecule has 0 bridgehead atoms. The number of amides is 1. The number of nitrogens with zero attached hydrogens (tertiary/aromatic N) is 3. The molecule has 0 fully saturated rings. The highest BCUT2D eigenvalue weighted by molar-refractivity contribution is 6.30. The fourth-order valence-corrected chi connectivity index (χ4v) is 2.13. The van der Waals surface area contributed by atoms with Crippen molar-refractivity contribution in [2.24, 2.45) is 0 Å². The molecule has 0 aliphatic heterocycles. The van der Waals surface area contributed by atoms with Gasteiger partial charge >= 0.3 is 0 Å². The Bertz CT molecular complexity index is 594. The van der Waals surface area contributed by atoms with Crippen LogP contribution in [0.2, 0.25) is 5.02 Å². The summed E-state index contributed by atoms with van der Waals surface area (Å²) in [5.41, 5.74) is 1.84. The predicted octanol–water partition coefficient (Wildman–Crippen LogP) is 2.63. The van der Waals surface area contributed by atoms with Gasteiger partial charge in [0, 0.05) is 35.6 Å². The van der Waals surface area contributed by atoms with Gasteiger partial charge in [0.25, 0.3) is 0 Å². The Kier molecular flexibility index (Phi) is 5.36. The summed E-state index contributed by atoms with van der Waals surface area (Å²) >= 11 is 5.81. The molecule has 0 saturated carbocycles. The van der Waals surface area contributed by atoms with Crippen LogP contribution >= 0.6 is 11.6 Å². The van der Waals surface area contributed by atoms with E-state index in [1.807, 2.05) is 35.9 Å². The minimum atomic E-state index is -0.0531. The molecule has 0 saturated heterocycles. The number of likely N-dealkylation sites (N-methyl/N-ethyl adjacent to an activating group) is 1. The van der Waals surface area contributed by atoms with Gasteiger partial charge in [0.05, 0.1) is 12.7 Å². The van der Waals surface area contributed by atoms with E-state index in [9.17, 15) is 4.79 Å². The van der Waals surface area contributed by atoms with Gasteiger partial charge in [-0.15, -0.1) is 0 Å². The highest BCUT2D eigenvalue weighted by atomic mass is 35.5. The lowest BCUT2D eigenvalue weighted by Gasteiger charge is -2.15. The normalized spacial score (nSPS) is 10.9. The molecular formula is C15H19ClN4O. The molecule has 21 heavy (non-hydrogen) atoms.